The number of amidine groups is 1. The molecule has 1 atom stereocenters. The lowest BCUT2D eigenvalue weighted by Gasteiger charge is -2.15. The first kappa shape index (κ1) is 18.0. The zero-order valence-corrected chi connectivity index (χ0v) is 15.1. The standard InChI is InChI=1S/C19H19N3O3S/c1-2-25-15-10-8-13(9-11-15)21-17(23)12-16-18(24)22(19(20)26-16)14-6-4-3-5-7-14/h3-11,16,20H,2,12H2,1H3,(H,21,23)/t16-/m0/s1. The summed E-state index contributed by atoms with van der Waals surface area (Å²) in [5.74, 6) is 0.231. The zero-order chi connectivity index (χ0) is 18.5. The highest BCUT2D eigenvalue weighted by Crippen LogP contribution is 2.32. The third-order valence-electron chi connectivity index (χ3n) is 3.79. The van der Waals surface area contributed by atoms with Gasteiger partial charge in [0.25, 0.3) is 0 Å². The first-order valence-electron chi connectivity index (χ1n) is 8.25. The fourth-order valence-corrected chi connectivity index (χ4v) is 3.63. The molecular weight excluding hydrogens is 350 g/mol. The van der Waals surface area contributed by atoms with Gasteiger partial charge in [0.15, 0.2) is 5.17 Å². The third-order valence-corrected chi connectivity index (χ3v) is 4.85. The smallest absolute Gasteiger partial charge is 0.247 e. The van der Waals surface area contributed by atoms with Crippen LogP contribution in [0.3, 0.4) is 0 Å². The van der Waals surface area contributed by atoms with Crippen LogP contribution in [0.15, 0.2) is 54.6 Å². The van der Waals surface area contributed by atoms with Gasteiger partial charge >= 0.3 is 0 Å². The average molecular weight is 369 g/mol. The summed E-state index contributed by atoms with van der Waals surface area (Å²) in [4.78, 5) is 26.2. The summed E-state index contributed by atoms with van der Waals surface area (Å²) in [6.07, 6.45) is 0.0163. The Labute approximate surface area is 156 Å². The molecule has 0 radical (unpaired) electrons. The molecule has 1 saturated heterocycles. The molecule has 1 aliphatic rings. The van der Waals surface area contributed by atoms with Crippen molar-refractivity contribution >= 4 is 40.1 Å². The van der Waals surface area contributed by atoms with Crippen molar-refractivity contribution in [3.05, 3.63) is 54.6 Å². The van der Waals surface area contributed by atoms with Gasteiger partial charge in [-0.15, -0.1) is 0 Å². The molecule has 1 fully saturated rings. The van der Waals surface area contributed by atoms with Gasteiger partial charge in [-0.2, -0.15) is 0 Å². The molecule has 2 aromatic rings. The lowest BCUT2D eigenvalue weighted by molar-refractivity contribution is -0.121. The number of carbonyl (C=O) groups excluding carboxylic acids is 2. The second-order valence-corrected chi connectivity index (χ2v) is 6.82. The van der Waals surface area contributed by atoms with Crippen molar-refractivity contribution in [3.8, 4) is 5.75 Å². The fourth-order valence-electron chi connectivity index (χ4n) is 2.61. The van der Waals surface area contributed by atoms with E-state index in [1.807, 2.05) is 25.1 Å². The molecule has 3 rings (SSSR count). The molecule has 1 aliphatic heterocycles. The van der Waals surface area contributed by atoms with Crippen LogP contribution in [-0.4, -0.2) is 28.8 Å². The quantitative estimate of drug-likeness (QED) is 0.816. The van der Waals surface area contributed by atoms with E-state index in [4.69, 9.17) is 10.1 Å². The summed E-state index contributed by atoms with van der Waals surface area (Å²) >= 11 is 1.10. The van der Waals surface area contributed by atoms with Gasteiger partial charge in [-0.1, -0.05) is 30.0 Å². The van der Waals surface area contributed by atoms with Crippen molar-refractivity contribution in [3.63, 3.8) is 0 Å². The summed E-state index contributed by atoms with van der Waals surface area (Å²) in [5.41, 5.74) is 1.29. The molecule has 0 spiro atoms. The Morgan fingerprint density at radius 1 is 1.19 bits per heavy atom. The lowest BCUT2D eigenvalue weighted by atomic mass is 10.2. The van der Waals surface area contributed by atoms with E-state index < -0.39 is 5.25 Å². The second-order valence-electron chi connectivity index (χ2n) is 5.63. The lowest BCUT2D eigenvalue weighted by Crippen LogP contribution is -2.33. The minimum absolute atomic E-state index is 0.0163. The van der Waals surface area contributed by atoms with Crippen LogP contribution in [0.4, 0.5) is 11.4 Å². The second kappa shape index (κ2) is 8.05. The molecule has 0 aromatic heterocycles. The number of amides is 2. The monoisotopic (exact) mass is 369 g/mol. The Balaban J connectivity index is 1.61. The molecule has 0 saturated carbocycles. The number of nitrogens with zero attached hydrogens (tertiary/aromatic N) is 1. The highest BCUT2D eigenvalue weighted by Gasteiger charge is 2.39. The van der Waals surface area contributed by atoms with Gasteiger partial charge in [-0.05, 0) is 43.3 Å². The van der Waals surface area contributed by atoms with E-state index in [9.17, 15) is 9.59 Å². The van der Waals surface area contributed by atoms with Crippen molar-refractivity contribution in [2.24, 2.45) is 0 Å². The first-order chi connectivity index (χ1) is 12.6. The fraction of sp³-hybridized carbons (Fsp3) is 0.211. The molecule has 26 heavy (non-hydrogen) atoms. The number of ether oxygens (including phenoxy) is 1. The number of hydrogen-bond acceptors (Lipinski definition) is 5. The number of nitrogens with one attached hydrogen (secondary N) is 2. The molecule has 1 heterocycles. The summed E-state index contributed by atoms with van der Waals surface area (Å²) in [6.45, 7) is 2.48. The van der Waals surface area contributed by atoms with Crippen LogP contribution in [0, 0.1) is 5.41 Å². The molecule has 0 bridgehead atoms. The molecule has 0 aliphatic carbocycles. The Morgan fingerprint density at radius 2 is 1.88 bits per heavy atom. The number of hydrogen-bond donors (Lipinski definition) is 2. The van der Waals surface area contributed by atoms with Crippen molar-refractivity contribution in [2.75, 3.05) is 16.8 Å². The van der Waals surface area contributed by atoms with Crippen LogP contribution < -0.4 is 15.0 Å². The highest BCUT2D eigenvalue weighted by molar-refractivity contribution is 8.16. The Bertz CT molecular complexity index is 809. The number of anilines is 2. The minimum atomic E-state index is -0.592. The summed E-state index contributed by atoms with van der Waals surface area (Å²) in [7, 11) is 0. The molecule has 2 amide bonds. The van der Waals surface area contributed by atoms with Crippen molar-refractivity contribution in [1.29, 1.82) is 5.41 Å². The van der Waals surface area contributed by atoms with Gasteiger partial charge in [-0.25, -0.2) is 0 Å². The number of rotatable bonds is 6. The van der Waals surface area contributed by atoms with Crippen LogP contribution in [0.1, 0.15) is 13.3 Å². The van der Waals surface area contributed by atoms with E-state index in [-0.39, 0.29) is 23.4 Å². The molecule has 6 nitrogen and oxygen atoms in total. The largest absolute Gasteiger partial charge is 0.494 e. The van der Waals surface area contributed by atoms with E-state index in [2.05, 4.69) is 5.32 Å². The summed E-state index contributed by atoms with van der Waals surface area (Å²) < 4.78 is 5.36. The SMILES string of the molecule is CCOc1ccc(NC(=O)C[C@@H]2SC(=N)N(c3ccccc3)C2=O)cc1. The predicted molar refractivity (Wildman–Crippen MR) is 104 cm³/mol. The number of benzene rings is 2. The first-order valence-corrected chi connectivity index (χ1v) is 9.13. The topological polar surface area (TPSA) is 82.5 Å². The van der Waals surface area contributed by atoms with E-state index in [1.54, 1.807) is 36.4 Å². The molecule has 0 unspecified atom stereocenters. The third kappa shape index (κ3) is 4.05. The molecular formula is C19H19N3O3S. The summed E-state index contributed by atoms with van der Waals surface area (Å²) in [6, 6.07) is 16.1. The van der Waals surface area contributed by atoms with E-state index in [1.165, 1.54) is 4.90 Å². The van der Waals surface area contributed by atoms with Crippen LogP contribution in [0.25, 0.3) is 0 Å². The Hall–Kier alpha value is -2.80. The zero-order valence-electron chi connectivity index (χ0n) is 14.3. The van der Waals surface area contributed by atoms with Crippen LogP contribution >= 0.6 is 11.8 Å². The molecule has 134 valence electrons. The molecule has 2 aromatic carbocycles. The van der Waals surface area contributed by atoms with Gasteiger partial charge in [0.1, 0.15) is 11.0 Å². The number of thioether (sulfide) groups is 1. The number of carbonyl (C=O) groups is 2. The Kier molecular flexibility index (Phi) is 5.58. The Morgan fingerprint density at radius 3 is 2.54 bits per heavy atom. The van der Waals surface area contributed by atoms with Gasteiger partial charge < -0.3 is 10.1 Å². The van der Waals surface area contributed by atoms with E-state index in [0.29, 0.717) is 18.0 Å². The normalized spacial score (nSPS) is 16.7. The van der Waals surface area contributed by atoms with Crippen LogP contribution in [0.2, 0.25) is 0 Å². The number of para-hydroxylation sites is 1. The van der Waals surface area contributed by atoms with Crippen molar-refractivity contribution in [1.82, 2.24) is 0 Å². The van der Waals surface area contributed by atoms with E-state index >= 15 is 0 Å². The van der Waals surface area contributed by atoms with E-state index in [0.717, 1.165) is 17.5 Å². The van der Waals surface area contributed by atoms with Gasteiger partial charge in [0.05, 0.1) is 12.3 Å². The summed E-state index contributed by atoms with van der Waals surface area (Å²) in [5, 5.41) is 10.4. The maximum absolute atomic E-state index is 12.6. The van der Waals surface area contributed by atoms with Gasteiger partial charge in [-0.3, -0.25) is 19.9 Å². The van der Waals surface area contributed by atoms with Crippen molar-refractivity contribution < 1.29 is 14.3 Å². The van der Waals surface area contributed by atoms with Gasteiger partial charge in [0.2, 0.25) is 11.8 Å². The molecule has 7 heteroatoms. The van der Waals surface area contributed by atoms with Crippen LogP contribution in [0.5, 0.6) is 5.75 Å². The van der Waals surface area contributed by atoms with Gasteiger partial charge in [0, 0.05) is 12.1 Å². The van der Waals surface area contributed by atoms with Crippen LogP contribution in [-0.2, 0) is 9.59 Å². The maximum atomic E-state index is 12.6. The highest BCUT2D eigenvalue weighted by atomic mass is 32.2. The minimum Gasteiger partial charge on any atom is -0.494 e. The predicted octanol–water partition coefficient (Wildman–Crippen LogP) is 3.50. The average Bonchev–Trinajstić information content (AvgIpc) is 2.91. The molecule has 2 N–H and O–H groups in total. The van der Waals surface area contributed by atoms with Crippen molar-refractivity contribution in [2.45, 2.75) is 18.6 Å². The maximum Gasteiger partial charge on any atom is 0.247 e.